The summed E-state index contributed by atoms with van der Waals surface area (Å²) in [5.41, 5.74) is 2.39. The Hall–Kier alpha value is -4.07. The van der Waals surface area contributed by atoms with E-state index in [9.17, 15) is 9.59 Å². The molecule has 4 rings (SSSR count). The minimum atomic E-state index is -0.529. The van der Waals surface area contributed by atoms with E-state index < -0.39 is 12.0 Å². The number of rotatable bonds is 8. The van der Waals surface area contributed by atoms with Crippen LogP contribution in [0.1, 0.15) is 30.0 Å². The maximum absolute atomic E-state index is 13.5. The summed E-state index contributed by atoms with van der Waals surface area (Å²) in [6.45, 7) is 0.359. The Morgan fingerprint density at radius 2 is 1.80 bits per heavy atom. The van der Waals surface area contributed by atoms with Gasteiger partial charge in [0.2, 0.25) is 11.8 Å². The Morgan fingerprint density at radius 3 is 2.46 bits per heavy atom. The largest absolute Gasteiger partial charge is 0.497 e. The first-order valence-corrected chi connectivity index (χ1v) is 11.4. The number of anilines is 1. The molecule has 0 radical (unpaired) electrons. The van der Waals surface area contributed by atoms with Crippen LogP contribution in [0.15, 0.2) is 67.0 Å². The van der Waals surface area contributed by atoms with Crippen LogP contribution in [0.4, 0.5) is 5.69 Å². The van der Waals surface area contributed by atoms with E-state index >= 15 is 0 Å². The molecular formula is C27H29N3O5. The molecule has 0 aliphatic carbocycles. The van der Waals surface area contributed by atoms with Crippen molar-refractivity contribution in [1.82, 2.24) is 10.3 Å². The molecule has 182 valence electrons. The number of aromatic nitrogens is 1. The smallest absolute Gasteiger partial charge is 0.227 e. The summed E-state index contributed by atoms with van der Waals surface area (Å²) in [6, 6.07) is 16.0. The molecule has 1 aromatic heterocycles. The lowest BCUT2D eigenvalue weighted by molar-refractivity contribution is -0.129. The van der Waals surface area contributed by atoms with E-state index in [2.05, 4.69) is 10.3 Å². The van der Waals surface area contributed by atoms with E-state index in [1.807, 2.05) is 36.4 Å². The normalized spacial score (nSPS) is 17.6. The number of piperidine rings is 1. The summed E-state index contributed by atoms with van der Waals surface area (Å²) in [5.74, 6) is 1.15. The van der Waals surface area contributed by atoms with E-state index in [1.54, 1.807) is 56.8 Å². The summed E-state index contributed by atoms with van der Waals surface area (Å²) in [5, 5.41) is 3.03. The summed E-state index contributed by atoms with van der Waals surface area (Å²) in [6.07, 6.45) is 4.11. The Kier molecular flexibility index (Phi) is 7.50. The quantitative estimate of drug-likeness (QED) is 0.531. The molecule has 2 amide bonds. The van der Waals surface area contributed by atoms with Crippen molar-refractivity contribution in [2.45, 2.75) is 25.4 Å². The highest BCUT2D eigenvalue weighted by molar-refractivity contribution is 5.97. The maximum Gasteiger partial charge on any atom is 0.227 e. The van der Waals surface area contributed by atoms with Crippen molar-refractivity contribution < 1.29 is 23.8 Å². The van der Waals surface area contributed by atoms with Crippen molar-refractivity contribution in [3.05, 3.63) is 78.1 Å². The lowest BCUT2D eigenvalue weighted by Gasteiger charge is -2.41. The second-order valence-electron chi connectivity index (χ2n) is 8.25. The first-order chi connectivity index (χ1) is 17.0. The molecule has 2 heterocycles. The van der Waals surface area contributed by atoms with Gasteiger partial charge in [-0.15, -0.1) is 0 Å². The highest BCUT2D eigenvalue weighted by atomic mass is 16.5. The highest BCUT2D eigenvalue weighted by Gasteiger charge is 2.41. The van der Waals surface area contributed by atoms with Crippen molar-refractivity contribution in [3.8, 4) is 17.2 Å². The number of hydrogen-bond acceptors (Lipinski definition) is 6. The molecule has 8 nitrogen and oxygen atoms in total. The molecule has 1 aliphatic rings. The van der Waals surface area contributed by atoms with Gasteiger partial charge >= 0.3 is 0 Å². The minimum absolute atomic E-state index is 0.0498. The number of methoxy groups -OCH3 is 3. The number of nitrogens with one attached hydrogen (secondary N) is 1. The van der Waals surface area contributed by atoms with Crippen molar-refractivity contribution in [3.63, 3.8) is 0 Å². The van der Waals surface area contributed by atoms with E-state index in [-0.39, 0.29) is 18.2 Å². The van der Waals surface area contributed by atoms with E-state index in [0.29, 0.717) is 35.9 Å². The number of pyridine rings is 1. The molecule has 2 atom stereocenters. The van der Waals surface area contributed by atoms with Crippen LogP contribution in [-0.4, -0.2) is 38.1 Å². The fraction of sp³-hybridized carbons (Fsp3) is 0.296. The SMILES string of the molecule is COc1ccc(N2C(=O)CCC(C(=O)NCc3cccnc3)C2c2ccc(OC)c(OC)c2)cc1. The third-order valence-corrected chi connectivity index (χ3v) is 6.22. The number of carbonyl (C=O) groups is 2. The fourth-order valence-corrected chi connectivity index (χ4v) is 4.46. The van der Waals surface area contributed by atoms with Crippen LogP contribution < -0.4 is 24.4 Å². The predicted molar refractivity (Wildman–Crippen MR) is 132 cm³/mol. The van der Waals surface area contributed by atoms with Crippen molar-refractivity contribution in [2.24, 2.45) is 5.92 Å². The van der Waals surface area contributed by atoms with Crippen molar-refractivity contribution in [1.29, 1.82) is 0 Å². The molecular weight excluding hydrogens is 446 g/mol. The van der Waals surface area contributed by atoms with Gasteiger partial charge in [0.1, 0.15) is 5.75 Å². The van der Waals surface area contributed by atoms with E-state index in [1.165, 1.54) is 0 Å². The molecule has 2 aromatic carbocycles. The molecule has 1 fully saturated rings. The Balaban J connectivity index is 1.72. The topological polar surface area (TPSA) is 90.0 Å². The fourth-order valence-electron chi connectivity index (χ4n) is 4.46. The molecule has 8 heteroatoms. The summed E-state index contributed by atoms with van der Waals surface area (Å²) < 4.78 is 16.2. The maximum atomic E-state index is 13.5. The third-order valence-electron chi connectivity index (χ3n) is 6.22. The summed E-state index contributed by atoms with van der Waals surface area (Å²) in [4.78, 5) is 32.5. The zero-order chi connectivity index (χ0) is 24.8. The van der Waals surface area contributed by atoms with Crippen LogP contribution in [0.2, 0.25) is 0 Å². The van der Waals surface area contributed by atoms with Crippen LogP contribution in [-0.2, 0) is 16.1 Å². The van der Waals surface area contributed by atoms with Crippen LogP contribution >= 0.6 is 0 Å². The predicted octanol–water partition coefficient (Wildman–Crippen LogP) is 3.91. The van der Waals surface area contributed by atoms with Crippen LogP contribution in [0.25, 0.3) is 0 Å². The zero-order valence-electron chi connectivity index (χ0n) is 20.1. The van der Waals surface area contributed by atoms with Gasteiger partial charge in [-0.25, -0.2) is 0 Å². The summed E-state index contributed by atoms with van der Waals surface area (Å²) >= 11 is 0. The van der Waals surface area contributed by atoms with Crippen molar-refractivity contribution in [2.75, 3.05) is 26.2 Å². The molecule has 2 unspecified atom stereocenters. The number of carbonyl (C=O) groups excluding carboxylic acids is 2. The second kappa shape index (κ2) is 10.9. The first-order valence-electron chi connectivity index (χ1n) is 11.4. The van der Waals surface area contributed by atoms with Gasteiger partial charge in [0, 0.05) is 31.0 Å². The molecule has 1 saturated heterocycles. The van der Waals surface area contributed by atoms with Gasteiger partial charge in [0.25, 0.3) is 0 Å². The number of benzene rings is 2. The Morgan fingerprint density at radius 1 is 1.03 bits per heavy atom. The number of amides is 2. The molecule has 35 heavy (non-hydrogen) atoms. The molecule has 1 N–H and O–H groups in total. The Labute approximate surface area is 204 Å². The molecule has 0 bridgehead atoms. The zero-order valence-corrected chi connectivity index (χ0v) is 20.1. The van der Waals surface area contributed by atoms with E-state index in [0.717, 1.165) is 11.1 Å². The molecule has 3 aromatic rings. The van der Waals surface area contributed by atoms with Gasteiger partial charge in [-0.3, -0.25) is 14.6 Å². The summed E-state index contributed by atoms with van der Waals surface area (Å²) in [7, 11) is 4.73. The van der Waals surface area contributed by atoms with Gasteiger partial charge in [-0.05, 0) is 60.0 Å². The van der Waals surface area contributed by atoms with Gasteiger partial charge < -0.3 is 24.4 Å². The van der Waals surface area contributed by atoms with Crippen molar-refractivity contribution >= 4 is 17.5 Å². The average molecular weight is 476 g/mol. The molecule has 1 aliphatic heterocycles. The lowest BCUT2D eigenvalue weighted by atomic mass is 9.83. The standard InChI is InChI=1S/C27H29N3O5/c1-33-21-9-7-20(8-10-21)30-25(31)13-11-22(27(32)29-17-18-5-4-14-28-16-18)26(30)19-6-12-23(34-2)24(15-19)35-3/h4-10,12,14-16,22,26H,11,13,17H2,1-3H3,(H,29,32). The van der Waals surface area contributed by atoms with Gasteiger partial charge in [0.15, 0.2) is 11.5 Å². The number of hydrogen-bond donors (Lipinski definition) is 1. The number of nitrogens with zero attached hydrogens (tertiary/aromatic N) is 2. The van der Waals surface area contributed by atoms with Gasteiger partial charge in [-0.2, -0.15) is 0 Å². The average Bonchev–Trinajstić information content (AvgIpc) is 2.91. The van der Waals surface area contributed by atoms with Crippen LogP contribution in [0, 0.1) is 5.92 Å². The third kappa shape index (κ3) is 5.21. The minimum Gasteiger partial charge on any atom is -0.497 e. The first kappa shape index (κ1) is 24.1. The molecule has 0 saturated carbocycles. The monoisotopic (exact) mass is 475 g/mol. The Bertz CT molecular complexity index is 1170. The van der Waals surface area contributed by atoms with E-state index in [4.69, 9.17) is 14.2 Å². The number of ether oxygens (including phenoxy) is 3. The lowest BCUT2D eigenvalue weighted by Crippen LogP contribution is -2.48. The van der Waals surface area contributed by atoms with Crippen LogP contribution in [0.5, 0.6) is 17.2 Å². The van der Waals surface area contributed by atoms with Crippen LogP contribution in [0.3, 0.4) is 0 Å². The van der Waals surface area contributed by atoms with Gasteiger partial charge in [-0.1, -0.05) is 12.1 Å². The highest BCUT2D eigenvalue weighted by Crippen LogP contribution is 2.42. The van der Waals surface area contributed by atoms with Gasteiger partial charge in [0.05, 0.1) is 33.3 Å². The second-order valence-corrected chi connectivity index (χ2v) is 8.25. The molecule has 0 spiro atoms.